The van der Waals surface area contributed by atoms with Crippen molar-refractivity contribution < 1.29 is 0 Å². The van der Waals surface area contributed by atoms with Crippen molar-refractivity contribution in [3.8, 4) is 0 Å². The summed E-state index contributed by atoms with van der Waals surface area (Å²) >= 11 is 0. The van der Waals surface area contributed by atoms with Gasteiger partial charge in [-0.05, 0) is 44.7 Å². The fourth-order valence-electron chi connectivity index (χ4n) is 2.17. The summed E-state index contributed by atoms with van der Waals surface area (Å²) in [6.07, 6.45) is 2.93. The van der Waals surface area contributed by atoms with Gasteiger partial charge in [0.25, 0.3) is 0 Å². The van der Waals surface area contributed by atoms with Crippen molar-refractivity contribution in [3.05, 3.63) is 0 Å². The lowest BCUT2D eigenvalue weighted by atomic mass is 9.68. The molecule has 0 aliphatic heterocycles. The van der Waals surface area contributed by atoms with E-state index in [1.54, 1.807) is 0 Å². The van der Waals surface area contributed by atoms with Crippen LogP contribution in [0.3, 0.4) is 0 Å². The third-order valence-electron chi connectivity index (χ3n) is 2.93. The van der Waals surface area contributed by atoms with Gasteiger partial charge in [-0.2, -0.15) is 0 Å². The minimum Gasteiger partial charge on any atom is -0.309 e. The van der Waals surface area contributed by atoms with E-state index in [9.17, 15) is 0 Å². The van der Waals surface area contributed by atoms with Gasteiger partial charge >= 0.3 is 0 Å². The molecule has 0 saturated heterocycles. The fourth-order valence-corrected chi connectivity index (χ4v) is 2.17. The van der Waals surface area contributed by atoms with Gasteiger partial charge < -0.3 is 4.90 Å². The van der Waals surface area contributed by atoms with E-state index in [0.717, 1.165) is 17.8 Å². The average molecular weight is 185 g/mol. The van der Waals surface area contributed by atoms with Crippen molar-refractivity contribution in [2.24, 2.45) is 17.8 Å². The maximum absolute atomic E-state index is 2.35. The number of nitrogens with zero attached hydrogens (tertiary/aromatic N) is 1. The molecule has 0 N–H and O–H groups in total. The Morgan fingerprint density at radius 2 is 1.69 bits per heavy atom. The molecule has 0 aromatic heterocycles. The molecule has 0 radical (unpaired) electrons. The Morgan fingerprint density at radius 3 is 1.92 bits per heavy atom. The molecular formula is C12H27N. The first-order chi connectivity index (χ1) is 6.11. The summed E-state index contributed by atoms with van der Waals surface area (Å²) in [5, 5.41) is 0. The normalized spacial score (nSPS) is 26.8. The van der Waals surface area contributed by atoms with E-state index in [4.69, 9.17) is 0 Å². The van der Waals surface area contributed by atoms with Gasteiger partial charge in [0.05, 0.1) is 0 Å². The van der Waals surface area contributed by atoms with Crippen molar-refractivity contribution in [3.63, 3.8) is 0 Å². The van der Waals surface area contributed by atoms with Crippen LogP contribution in [0.15, 0.2) is 0 Å². The first kappa shape index (κ1) is 13.0. The van der Waals surface area contributed by atoms with Crippen LogP contribution in [-0.2, 0) is 0 Å². The summed E-state index contributed by atoms with van der Waals surface area (Å²) in [5.74, 6) is 2.90. The third-order valence-corrected chi connectivity index (χ3v) is 2.93. The Morgan fingerprint density at radius 1 is 1.15 bits per heavy atom. The second-order valence-corrected chi connectivity index (χ2v) is 4.51. The van der Waals surface area contributed by atoms with Crippen LogP contribution in [0.1, 0.15) is 40.5 Å². The molecule has 1 nitrogen and oxygen atoms in total. The molecule has 1 aliphatic rings. The van der Waals surface area contributed by atoms with Gasteiger partial charge in [0.15, 0.2) is 0 Å². The van der Waals surface area contributed by atoms with Crippen molar-refractivity contribution in [1.29, 1.82) is 0 Å². The lowest BCUT2D eigenvalue weighted by molar-refractivity contribution is 0.0930. The first-order valence-electron chi connectivity index (χ1n) is 5.76. The first-order valence-corrected chi connectivity index (χ1v) is 5.76. The molecular weight excluding hydrogens is 158 g/mol. The fraction of sp³-hybridized carbons (Fsp3) is 1.00. The predicted octanol–water partition coefficient (Wildman–Crippen LogP) is 3.26. The second kappa shape index (κ2) is 6.42. The number of rotatable bonds is 3. The highest BCUT2D eigenvalue weighted by Crippen LogP contribution is 2.39. The maximum atomic E-state index is 2.35. The van der Waals surface area contributed by atoms with E-state index >= 15 is 0 Å². The van der Waals surface area contributed by atoms with E-state index in [1.807, 2.05) is 13.8 Å². The largest absolute Gasteiger partial charge is 0.309 e. The van der Waals surface area contributed by atoms with Crippen molar-refractivity contribution in [2.45, 2.75) is 40.5 Å². The average Bonchev–Trinajstić information content (AvgIpc) is 2.01. The van der Waals surface area contributed by atoms with Crippen LogP contribution in [0.4, 0.5) is 0 Å². The Bertz CT molecular complexity index is 118. The monoisotopic (exact) mass is 185 g/mol. The molecule has 2 unspecified atom stereocenters. The summed E-state index contributed by atoms with van der Waals surface area (Å²) in [6.45, 7) is 10.0. The molecule has 0 aromatic rings. The van der Waals surface area contributed by atoms with Gasteiger partial charge in [-0.1, -0.05) is 27.7 Å². The van der Waals surface area contributed by atoms with E-state index in [0.29, 0.717) is 0 Å². The molecule has 2 atom stereocenters. The lowest BCUT2D eigenvalue weighted by Gasteiger charge is -2.41. The number of hydrogen-bond donors (Lipinski definition) is 0. The molecule has 0 aromatic carbocycles. The SMILES string of the molecule is CC.CC(C)C1CCC1CN(C)C. The standard InChI is InChI=1S/C10H21N.C2H6/c1-8(2)10-6-5-9(10)7-11(3)4;1-2/h8-10H,5-7H2,1-4H3;1-2H3. The summed E-state index contributed by atoms with van der Waals surface area (Å²) in [5.41, 5.74) is 0. The van der Waals surface area contributed by atoms with Gasteiger partial charge in [-0.15, -0.1) is 0 Å². The molecule has 1 heteroatoms. The second-order valence-electron chi connectivity index (χ2n) is 4.51. The van der Waals surface area contributed by atoms with E-state index in [-0.39, 0.29) is 0 Å². The molecule has 80 valence electrons. The molecule has 1 saturated carbocycles. The van der Waals surface area contributed by atoms with Crippen molar-refractivity contribution in [2.75, 3.05) is 20.6 Å². The van der Waals surface area contributed by atoms with Crippen LogP contribution in [0.5, 0.6) is 0 Å². The van der Waals surface area contributed by atoms with Crippen LogP contribution in [0.2, 0.25) is 0 Å². The molecule has 1 aliphatic carbocycles. The van der Waals surface area contributed by atoms with Gasteiger partial charge in [0, 0.05) is 6.54 Å². The number of hydrogen-bond acceptors (Lipinski definition) is 1. The van der Waals surface area contributed by atoms with Gasteiger partial charge in [-0.25, -0.2) is 0 Å². The minimum atomic E-state index is 0.897. The highest BCUT2D eigenvalue weighted by molar-refractivity contribution is 4.83. The topological polar surface area (TPSA) is 3.24 Å². The molecule has 1 fully saturated rings. The van der Waals surface area contributed by atoms with Crippen LogP contribution in [0, 0.1) is 17.8 Å². The predicted molar refractivity (Wildman–Crippen MR) is 61.0 cm³/mol. The van der Waals surface area contributed by atoms with Crippen LogP contribution in [0.25, 0.3) is 0 Å². The van der Waals surface area contributed by atoms with E-state index < -0.39 is 0 Å². The Hall–Kier alpha value is -0.0400. The quantitative estimate of drug-likeness (QED) is 0.652. The molecule has 0 spiro atoms. The maximum Gasteiger partial charge on any atom is 0.000631 e. The highest BCUT2D eigenvalue weighted by Gasteiger charge is 2.32. The van der Waals surface area contributed by atoms with Crippen molar-refractivity contribution in [1.82, 2.24) is 4.90 Å². The van der Waals surface area contributed by atoms with Crippen LogP contribution < -0.4 is 0 Å². The Kier molecular flexibility index (Phi) is 6.40. The zero-order chi connectivity index (χ0) is 10.4. The smallest absolute Gasteiger partial charge is 0.000631 e. The third kappa shape index (κ3) is 4.12. The Labute approximate surface area is 84.5 Å². The van der Waals surface area contributed by atoms with Gasteiger partial charge in [0.2, 0.25) is 0 Å². The summed E-state index contributed by atoms with van der Waals surface area (Å²) in [4.78, 5) is 2.32. The Balaban J connectivity index is 0.000000671. The molecule has 0 amide bonds. The minimum absolute atomic E-state index is 0.897. The molecule has 0 bridgehead atoms. The van der Waals surface area contributed by atoms with Gasteiger partial charge in [0.1, 0.15) is 0 Å². The lowest BCUT2D eigenvalue weighted by Crippen LogP contribution is -2.37. The molecule has 1 rings (SSSR count). The van der Waals surface area contributed by atoms with Gasteiger partial charge in [-0.3, -0.25) is 0 Å². The van der Waals surface area contributed by atoms with Crippen LogP contribution in [-0.4, -0.2) is 25.5 Å². The summed E-state index contributed by atoms with van der Waals surface area (Å²) < 4.78 is 0. The summed E-state index contributed by atoms with van der Waals surface area (Å²) in [7, 11) is 4.35. The van der Waals surface area contributed by atoms with Crippen LogP contribution >= 0.6 is 0 Å². The summed E-state index contributed by atoms with van der Waals surface area (Å²) in [6, 6.07) is 0. The molecule has 13 heavy (non-hydrogen) atoms. The highest BCUT2D eigenvalue weighted by atomic mass is 15.1. The van der Waals surface area contributed by atoms with E-state index in [1.165, 1.54) is 19.4 Å². The zero-order valence-corrected chi connectivity index (χ0v) is 10.3. The molecule has 0 heterocycles. The van der Waals surface area contributed by atoms with E-state index in [2.05, 4.69) is 32.8 Å². The van der Waals surface area contributed by atoms with Crippen molar-refractivity contribution >= 4 is 0 Å². The zero-order valence-electron chi connectivity index (χ0n) is 10.3.